The van der Waals surface area contributed by atoms with Gasteiger partial charge in [0.25, 0.3) is 0 Å². The summed E-state index contributed by atoms with van der Waals surface area (Å²) >= 11 is 1.63. The number of nitrogens with two attached hydrogens (primary N) is 1. The van der Waals surface area contributed by atoms with E-state index in [-0.39, 0.29) is 6.04 Å². The van der Waals surface area contributed by atoms with E-state index in [1.165, 1.54) is 0 Å². The van der Waals surface area contributed by atoms with Gasteiger partial charge in [0, 0.05) is 0 Å². The van der Waals surface area contributed by atoms with Crippen molar-refractivity contribution in [2.45, 2.75) is 37.3 Å². The first-order chi connectivity index (χ1) is 6.22. The topological polar surface area (TPSA) is 46.2 Å². The van der Waals surface area contributed by atoms with E-state index in [0.717, 1.165) is 31.2 Å². The van der Waals surface area contributed by atoms with Crippen LogP contribution in [-0.2, 0) is 0 Å². The fourth-order valence-electron chi connectivity index (χ4n) is 2.06. The van der Waals surface area contributed by atoms with Gasteiger partial charge >= 0.3 is 0 Å². The van der Waals surface area contributed by atoms with Gasteiger partial charge < -0.3 is 10.8 Å². The fraction of sp³-hybridized carbons (Fsp3) is 0.600. The molecule has 1 aromatic heterocycles. The minimum absolute atomic E-state index is 0.193. The van der Waals surface area contributed by atoms with Gasteiger partial charge in [-0.05, 0) is 35.2 Å². The van der Waals surface area contributed by atoms with Crippen LogP contribution in [0.2, 0.25) is 0 Å². The van der Waals surface area contributed by atoms with Gasteiger partial charge in [-0.25, -0.2) is 0 Å². The van der Waals surface area contributed by atoms with Gasteiger partial charge in [-0.3, -0.25) is 0 Å². The number of aliphatic hydroxyl groups is 1. The highest BCUT2D eigenvalue weighted by Crippen LogP contribution is 2.38. The van der Waals surface area contributed by atoms with Crippen molar-refractivity contribution < 1.29 is 5.11 Å². The summed E-state index contributed by atoms with van der Waals surface area (Å²) in [4.78, 5) is 0. The Balaban J connectivity index is 2.16. The van der Waals surface area contributed by atoms with Crippen LogP contribution >= 0.6 is 11.3 Å². The quantitative estimate of drug-likeness (QED) is 0.762. The Morgan fingerprint density at radius 1 is 1.46 bits per heavy atom. The first kappa shape index (κ1) is 9.19. The molecule has 1 saturated carbocycles. The largest absolute Gasteiger partial charge is 0.388 e. The summed E-state index contributed by atoms with van der Waals surface area (Å²) in [6, 6.07) is 1.81. The third-order valence-corrected chi connectivity index (χ3v) is 3.65. The molecule has 0 aliphatic heterocycles. The van der Waals surface area contributed by atoms with Crippen molar-refractivity contribution in [2.75, 3.05) is 0 Å². The Morgan fingerprint density at radius 3 is 2.69 bits per heavy atom. The Kier molecular flexibility index (Phi) is 2.41. The molecule has 2 nitrogen and oxygen atoms in total. The standard InChI is InChI=1S/C10H15NOS/c11-9(8-3-6-13-7-8)10(12)4-1-2-5-10/h3,6-7,9,12H,1-2,4-5,11H2. The van der Waals surface area contributed by atoms with Crippen molar-refractivity contribution in [3.63, 3.8) is 0 Å². The minimum Gasteiger partial charge on any atom is -0.388 e. The van der Waals surface area contributed by atoms with E-state index < -0.39 is 5.60 Å². The smallest absolute Gasteiger partial charge is 0.0839 e. The van der Waals surface area contributed by atoms with Crippen LogP contribution in [0.15, 0.2) is 16.8 Å². The molecule has 0 bridgehead atoms. The van der Waals surface area contributed by atoms with Crippen LogP contribution in [0.25, 0.3) is 0 Å². The lowest BCUT2D eigenvalue weighted by atomic mass is 9.89. The van der Waals surface area contributed by atoms with Crippen molar-refractivity contribution in [1.82, 2.24) is 0 Å². The second-order valence-corrected chi connectivity index (χ2v) is 4.63. The van der Waals surface area contributed by atoms with Crippen LogP contribution in [0.5, 0.6) is 0 Å². The van der Waals surface area contributed by atoms with Gasteiger partial charge in [0.1, 0.15) is 0 Å². The number of hydrogen-bond acceptors (Lipinski definition) is 3. The van der Waals surface area contributed by atoms with Crippen LogP contribution in [0.4, 0.5) is 0 Å². The molecular weight excluding hydrogens is 182 g/mol. The molecule has 2 rings (SSSR count). The molecule has 1 unspecified atom stereocenters. The molecule has 1 aliphatic carbocycles. The zero-order chi connectivity index (χ0) is 9.31. The van der Waals surface area contributed by atoms with Gasteiger partial charge in [0.2, 0.25) is 0 Å². The molecule has 3 heteroatoms. The van der Waals surface area contributed by atoms with Crippen molar-refractivity contribution >= 4 is 11.3 Å². The molecule has 1 atom stereocenters. The van der Waals surface area contributed by atoms with Crippen LogP contribution < -0.4 is 5.73 Å². The van der Waals surface area contributed by atoms with Gasteiger partial charge in [0.15, 0.2) is 0 Å². The fourth-order valence-corrected chi connectivity index (χ4v) is 2.76. The highest BCUT2D eigenvalue weighted by molar-refractivity contribution is 7.07. The molecule has 1 heterocycles. The monoisotopic (exact) mass is 197 g/mol. The molecule has 13 heavy (non-hydrogen) atoms. The molecule has 3 N–H and O–H groups in total. The summed E-state index contributed by atoms with van der Waals surface area (Å²) in [6.45, 7) is 0. The maximum Gasteiger partial charge on any atom is 0.0839 e. The van der Waals surface area contributed by atoms with Gasteiger partial charge in [-0.1, -0.05) is 12.8 Å². The minimum atomic E-state index is -0.638. The first-order valence-electron chi connectivity index (χ1n) is 4.72. The summed E-state index contributed by atoms with van der Waals surface area (Å²) in [7, 11) is 0. The maximum atomic E-state index is 10.2. The van der Waals surface area contributed by atoms with Crippen LogP contribution in [0.1, 0.15) is 37.3 Å². The lowest BCUT2D eigenvalue weighted by Gasteiger charge is -2.29. The van der Waals surface area contributed by atoms with Crippen molar-refractivity contribution in [3.05, 3.63) is 22.4 Å². The van der Waals surface area contributed by atoms with Gasteiger partial charge in [0.05, 0.1) is 11.6 Å². The highest BCUT2D eigenvalue weighted by Gasteiger charge is 2.38. The molecule has 1 aliphatic rings. The van der Waals surface area contributed by atoms with Gasteiger partial charge in [-0.15, -0.1) is 0 Å². The number of hydrogen-bond donors (Lipinski definition) is 2. The zero-order valence-electron chi connectivity index (χ0n) is 7.57. The maximum absolute atomic E-state index is 10.2. The van der Waals surface area contributed by atoms with Crippen LogP contribution in [0, 0.1) is 0 Å². The Bertz CT molecular complexity index is 264. The lowest BCUT2D eigenvalue weighted by molar-refractivity contribution is 0.0205. The molecule has 1 aromatic rings. The van der Waals surface area contributed by atoms with E-state index in [2.05, 4.69) is 0 Å². The summed E-state index contributed by atoms with van der Waals surface area (Å²) < 4.78 is 0. The lowest BCUT2D eigenvalue weighted by Crippen LogP contribution is -2.38. The number of rotatable bonds is 2. The Labute approximate surface area is 82.4 Å². The van der Waals surface area contributed by atoms with E-state index in [1.54, 1.807) is 11.3 Å². The molecule has 0 spiro atoms. The van der Waals surface area contributed by atoms with Crippen molar-refractivity contribution in [1.29, 1.82) is 0 Å². The third-order valence-electron chi connectivity index (χ3n) is 2.95. The second kappa shape index (κ2) is 3.40. The van der Waals surface area contributed by atoms with Crippen molar-refractivity contribution in [3.8, 4) is 0 Å². The molecule has 0 amide bonds. The zero-order valence-corrected chi connectivity index (χ0v) is 8.39. The summed E-state index contributed by atoms with van der Waals surface area (Å²) in [5.41, 5.74) is 6.48. The summed E-state index contributed by atoms with van der Waals surface area (Å²) in [5, 5.41) is 14.2. The van der Waals surface area contributed by atoms with Crippen molar-refractivity contribution in [2.24, 2.45) is 5.73 Å². The molecule has 0 aromatic carbocycles. The van der Waals surface area contributed by atoms with Crippen LogP contribution in [-0.4, -0.2) is 10.7 Å². The molecule has 1 fully saturated rings. The second-order valence-electron chi connectivity index (χ2n) is 3.85. The Hall–Kier alpha value is -0.380. The van der Waals surface area contributed by atoms with E-state index >= 15 is 0 Å². The van der Waals surface area contributed by atoms with E-state index in [1.807, 2.05) is 16.8 Å². The first-order valence-corrected chi connectivity index (χ1v) is 5.67. The average molecular weight is 197 g/mol. The molecular formula is C10H15NOS. The van der Waals surface area contributed by atoms with E-state index in [4.69, 9.17) is 5.73 Å². The predicted molar refractivity (Wildman–Crippen MR) is 54.7 cm³/mol. The third kappa shape index (κ3) is 1.64. The van der Waals surface area contributed by atoms with E-state index in [9.17, 15) is 5.11 Å². The average Bonchev–Trinajstić information content (AvgIpc) is 2.73. The normalized spacial score (nSPS) is 23.2. The Morgan fingerprint density at radius 2 is 2.15 bits per heavy atom. The predicted octanol–water partition coefficient (Wildman–Crippen LogP) is 2.05. The van der Waals surface area contributed by atoms with Gasteiger partial charge in [-0.2, -0.15) is 11.3 Å². The molecule has 72 valence electrons. The molecule has 0 radical (unpaired) electrons. The number of thiophene rings is 1. The highest BCUT2D eigenvalue weighted by atomic mass is 32.1. The summed E-state index contributed by atoms with van der Waals surface area (Å²) in [6.07, 6.45) is 3.91. The summed E-state index contributed by atoms with van der Waals surface area (Å²) in [5.74, 6) is 0. The SMILES string of the molecule is NC(c1ccsc1)C1(O)CCCC1. The van der Waals surface area contributed by atoms with E-state index in [0.29, 0.717) is 0 Å². The van der Waals surface area contributed by atoms with Crippen LogP contribution in [0.3, 0.4) is 0 Å². The molecule has 0 saturated heterocycles.